The maximum atomic E-state index is 11.2. The van der Waals surface area contributed by atoms with Crippen LogP contribution in [0.25, 0.3) is 0 Å². The van der Waals surface area contributed by atoms with E-state index in [1.807, 2.05) is 11.8 Å². The van der Waals surface area contributed by atoms with E-state index in [0.717, 1.165) is 12.8 Å². The van der Waals surface area contributed by atoms with E-state index >= 15 is 0 Å². The van der Waals surface area contributed by atoms with Crippen molar-refractivity contribution in [2.75, 3.05) is 23.0 Å². The molecule has 1 saturated heterocycles. The predicted octanol–water partition coefficient (Wildman–Crippen LogP) is 2.33. The molecule has 0 spiro atoms. The van der Waals surface area contributed by atoms with Gasteiger partial charge in [0.15, 0.2) is 0 Å². The lowest BCUT2D eigenvalue weighted by Gasteiger charge is -2.11. The van der Waals surface area contributed by atoms with Crippen molar-refractivity contribution >= 4 is 37.5 Å². The van der Waals surface area contributed by atoms with Gasteiger partial charge in [0.25, 0.3) is 0 Å². The maximum absolute atomic E-state index is 11.2. The highest BCUT2D eigenvalue weighted by molar-refractivity contribution is 9.09. The number of alkyl halides is 1. The third-order valence-corrected chi connectivity index (χ3v) is 7.14. The highest BCUT2D eigenvalue weighted by atomic mass is 79.9. The molecule has 1 aliphatic heterocycles. The summed E-state index contributed by atoms with van der Waals surface area (Å²) in [6.45, 7) is 1.72. The van der Waals surface area contributed by atoms with Crippen LogP contribution in [-0.4, -0.2) is 36.3 Å². The fourth-order valence-electron chi connectivity index (χ4n) is 1.55. The summed E-state index contributed by atoms with van der Waals surface area (Å²) >= 11 is 5.59. The summed E-state index contributed by atoms with van der Waals surface area (Å²) in [4.78, 5) is 0.594. The van der Waals surface area contributed by atoms with Crippen molar-refractivity contribution in [2.45, 2.75) is 24.6 Å². The summed E-state index contributed by atoms with van der Waals surface area (Å²) < 4.78 is 22.5. The molecule has 0 aromatic carbocycles. The second-order valence-corrected chi connectivity index (χ2v) is 8.42. The molecule has 14 heavy (non-hydrogen) atoms. The fourth-order valence-corrected chi connectivity index (χ4v) is 5.04. The van der Waals surface area contributed by atoms with Crippen LogP contribution in [0.2, 0.25) is 0 Å². The van der Waals surface area contributed by atoms with Gasteiger partial charge in [0.2, 0.25) is 0 Å². The number of hydrogen-bond acceptors (Lipinski definition) is 3. The Morgan fingerprint density at radius 1 is 1.43 bits per heavy atom. The van der Waals surface area contributed by atoms with Crippen LogP contribution in [0, 0.1) is 5.92 Å². The number of hydrogen-bond donors (Lipinski definition) is 0. The summed E-state index contributed by atoms with van der Waals surface area (Å²) in [6, 6.07) is 0. The van der Waals surface area contributed by atoms with Crippen LogP contribution in [-0.2, 0) is 9.84 Å². The van der Waals surface area contributed by atoms with E-state index < -0.39 is 9.84 Å². The first kappa shape index (κ1) is 12.8. The van der Waals surface area contributed by atoms with Gasteiger partial charge in [-0.3, -0.25) is 0 Å². The molecule has 0 radical (unpaired) electrons. The zero-order valence-corrected chi connectivity index (χ0v) is 11.6. The van der Waals surface area contributed by atoms with Gasteiger partial charge in [-0.15, -0.1) is 0 Å². The molecule has 0 amide bonds. The van der Waals surface area contributed by atoms with Crippen molar-refractivity contribution in [3.63, 3.8) is 0 Å². The van der Waals surface area contributed by atoms with E-state index in [-0.39, 0.29) is 5.75 Å². The number of halogens is 1. The molecule has 0 saturated carbocycles. The van der Waals surface area contributed by atoms with Gasteiger partial charge >= 0.3 is 0 Å². The Bertz CT molecular complexity index is 264. The van der Waals surface area contributed by atoms with Crippen molar-refractivity contribution in [2.24, 2.45) is 5.92 Å². The fraction of sp³-hybridized carbons (Fsp3) is 1.00. The SMILES string of the molecule is CCS(=O)(=O)CCCC1CSCC1Br. The molecule has 0 aromatic rings. The lowest BCUT2D eigenvalue weighted by molar-refractivity contribution is 0.545. The Balaban J connectivity index is 2.21. The smallest absolute Gasteiger partial charge is 0.150 e. The lowest BCUT2D eigenvalue weighted by Crippen LogP contribution is -2.14. The Labute approximate surface area is 99.3 Å². The van der Waals surface area contributed by atoms with Crippen LogP contribution in [0.5, 0.6) is 0 Å². The molecule has 0 bridgehead atoms. The van der Waals surface area contributed by atoms with Crippen LogP contribution in [0.3, 0.4) is 0 Å². The van der Waals surface area contributed by atoms with Gasteiger partial charge in [0.05, 0.1) is 5.75 Å². The molecule has 0 aliphatic carbocycles. The van der Waals surface area contributed by atoms with Crippen LogP contribution in [0.4, 0.5) is 0 Å². The normalized spacial score (nSPS) is 28.1. The van der Waals surface area contributed by atoms with Gasteiger partial charge in [0, 0.05) is 16.3 Å². The Morgan fingerprint density at radius 3 is 2.64 bits per heavy atom. The van der Waals surface area contributed by atoms with E-state index in [1.54, 1.807) is 6.92 Å². The lowest BCUT2D eigenvalue weighted by atomic mass is 10.0. The summed E-state index contributed by atoms with van der Waals surface area (Å²) in [6.07, 6.45) is 1.87. The standard InChI is InChI=1S/C9H17BrO2S2/c1-2-14(11,12)5-3-4-8-6-13-7-9(8)10/h8-9H,2-7H2,1H3. The second-order valence-electron chi connectivity index (χ2n) is 3.69. The number of sulfone groups is 1. The monoisotopic (exact) mass is 300 g/mol. The molecule has 0 aromatic heterocycles. The van der Waals surface area contributed by atoms with Crippen molar-refractivity contribution in [1.29, 1.82) is 0 Å². The number of rotatable bonds is 5. The van der Waals surface area contributed by atoms with E-state index in [0.29, 0.717) is 16.5 Å². The first-order valence-corrected chi connectivity index (χ1v) is 8.86. The summed E-state index contributed by atoms with van der Waals surface area (Å²) in [7, 11) is -2.75. The highest BCUT2D eigenvalue weighted by Crippen LogP contribution is 2.32. The average Bonchev–Trinajstić information content (AvgIpc) is 2.52. The van der Waals surface area contributed by atoms with E-state index in [2.05, 4.69) is 15.9 Å². The largest absolute Gasteiger partial charge is 0.229 e. The van der Waals surface area contributed by atoms with Gasteiger partial charge in [0.1, 0.15) is 9.84 Å². The summed E-state index contributed by atoms with van der Waals surface area (Å²) in [5.74, 6) is 3.68. The van der Waals surface area contributed by atoms with Crippen molar-refractivity contribution in [1.82, 2.24) is 0 Å². The molecule has 5 heteroatoms. The van der Waals surface area contributed by atoms with Crippen LogP contribution in [0.15, 0.2) is 0 Å². The third-order valence-electron chi connectivity index (χ3n) is 2.59. The van der Waals surface area contributed by atoms with Crippen LogP contribution in [0.1, 0.15) is 19.8 Å². The average molecular weight is 301 g/mol. The molecule has 0 N–H and O–H groups in total. The van der Waals surface area contributed by atoms with Crippen molar-refractivity contribution in [3.8, 4) is 0 Å². The molecule has 1 fully saturated rings. The topological polar surface area (TPSA) is 34.1 Å². The molecular formula is C9H17BrO2S2. The molecule has 2 unspecified atom stereocenters. The molecule has 1 aliphatic rings. The van der Waals surface area contributed by atoms with Gasteiger partial charge in [-0.25, -0.2) is 8.42 Å². The predicted molar refractivity (Wildman–Crippen MR) is 67.1 cm³/mol. The maximum Gasteiger partial charge on any atom is 0.150 e. The zero-order valence-electron chi connectivity index (χ0n) is 8.41. The van der Waals surface area contributed by atoms with Gasteiger partial charge in [-0.1, -0.05) is 22.9 Å². The quantitative estimate of drug-likeness (QED) is 0.731. The zero-order chi connectivity index (χ0) is 10.6. The minimum absolute atomic E-state index is 0.282. The van der Waals surface area contributed by atoms with Gasteiger partial charge in [-0.2, -0.15) is 11.8 Å². The summed E-state index contributed by atoms with van der Waals surface area (Å²) in [5.41, 5.74) is 0. The first-order chi connectivity index (χ1) is 6.55. The third kappa shape index (κ3) is 4.11. The Hall–Kier alpha value is 0.780. The minimum atomic E-state index is -2.75. The van der Waals surface area contributed by atoms with Crippen molar-refractivity contribution in [3.05, 3.63) is 0 Å². The Kier molecular flexibility index (Phi) is 5.28. The van der Waals surface area contributed by atoms with Crippen LogP contribution >= 0.6 is 27.7 Å². The number of thioether (sulfide) groups is 1. The second kappa shape index (κ2) is 5.75. The summed E-state index contributed by atoms with van der Waals surface area (Å²) in [5, 5.41) is 0. The van der Waals surface area contributed by atoms with E-state index in [4.69, 9.17) is 0 Å². The van der Waals surface area contributed by atoms with E-state index in [1.165, 1.54) is 11.5 Å². The first-order valence-electron chi connectivity index (χ1n) is 4.97. The van der Waals surface area contributed by atoms with Gasteiger partial charge < -0.3 is 0 Å². The van der Waals surface area contributed by atoms with E-state index in [9.17, 15) is 8.42 Å². The molecular weight excluding hydrogens is 284 g/mol. The van der Waals surface area contributed by atoms with Crippen molar-refractivity contribution < 1.29 is 8.42 Å². The molecule has 2 atom stereocenters. The molecule has 1 heterocycles. The molecule has 84 valence electrons. The Morgan fingerprint density at radius 2 is 2.14 bits per heavy atom. The minimum Gasteiger partial charge on any atom is -0.229 e. The molecule has 2 nitrogen and oxygen atoms in total. The highest BCUT2D eigenvalue weighted by Gasteiger charge is 2.25. The van der Waals surface area contributed by atoms with Gasteiger partial charge in [-0.05, 0) is 24.5 Å². The van der Waals surface area contributed by atoms with Crippen LogP contribution < -0.4 is 0 Å². The molecule has 1 rings (SSSR count).